The summed E-state index contributed by atoms with van der Waals surface area (Å²) in [6, 6.07) is 6.21. The minimum Gasteiger partial charge on any atom is -0.491 e. The number of hydrogen-bond donors (Lipinski definition) is 3. The van der Waals surface area contributed by atoms with Crippen molar-refractivity contribution in [1.29, 1.82) is 0 Å². The van der Waals surface area contributed by atoms with E-state index in [1.807, 2.05) is 20.8 Å². The van der Waals surface area contributed by atoms with Crippen LogP contribution in [0.3, 0.4) is 0 Å². The fourth-order valence-electron chi connectivity index (χ4n) is 2.67. The Kier molecular flexibility index (Phi) is 8.99. The second kappa shape index (κ2) is 10.2. The lowest BCUT2D eigenvalue weighted by Crippen LogP contribution is -2.50. The summed E-state index contributed by atoms with van der Waals surface area (Å²) in [5, 5.41) is 16.7. The van der Waals surface area contributed by atoms with E-state index in [2.05, 4.69) is 40.7 Å². The summed E-state index contributed by atoms with van der Waals surface area (Å²) in [6.45, 7) is 10.0. The summed E-state index contributed by atoms with van der Waals surface area (Å²) in [7, 11) is 0. The molecule has 1 fully saturated rings. The zero-order chi connectivity index (χ0) is 17.6. The van der Waals surface area contributed by atoms with Gasteiger partial charge in [-0.15, -0.1) is 24.0 Å². The van der Waals surface area contributed by atoms with Gasteiger partial charge in [0.2, 0.25) is 0 Å². The summed E-state index contributed by atoms with van der Waals surface area (Å²) < 4.78 is 5.91. The quantitative estimate of drug-likeness (QED) is 0.331. The molecule has 5 nitrogen and oxygen atoms in total. The molecule has 0 spiro atoms. The molecule has 1 aliphatic rings. The second-order valence-electron chi connectivity index (χ2n) is 6.90. The highest BCUT2D eigenvalue weighted by Crippen LogP contribution is 2.30. The summed E-state index contributed by atoms with van der Waals surface area (Å²) in [6.07, 6.45) is 2.97. The first kappa shape index (κ1) is 22.0. The Balaban J connectivity index is 0.00000312. The van der Waals surface area contributed by atoms with Crippen molar-refractivity contribution < 1.29 is 9.84 Å². The van der Waals surface area contributed by atoms with Gasteiger partial charge in [0.25, 0.3) is 0 Å². The van der Waals surface area contributed by atoms with Crippen molar-refractivity contribution in [2.75, 3.05) is 13.1 Å². The molecule has 1 saturated carbocycles. The molecule has 0 unspecified atom stereocenters. The van der Waals surface area contributed by atoms with Crippen LogP contribution < -0.4 is 15.4 Å². The van der Waals surface area contributed by atoms with Crippen LogP contribution in [0, 0.1) is 6.92 Å². The molecule has 0 bridgehead atoms. The van der Waals surface area contributed by atoms with Crippen LogP contribution in [0.1, 0.15) is 51.2 Å². The molecule has 2 rings (SSSR count). The average molecular weight is 461 g/mol. The molecule has 0 atom stereocenters. The Hall–Kier alpha value is -1.02. The van der Waals surface area contributed by atoms with E-state index in [9.17, 15) is 5.11 Å². The van der Waals surface area contributed by atoms with Crippen molar-refractivity contribution in [2.24, 2.45) is 4.99 Å². The van der Waals surface area contributed by atoms with Gasteiger partial charge in [-0.3, -0.25) is 0 Å². The highest BCUT2D eigenvalue weighted by Gasteiger charge is 2.34. The van der Waals surface area contributed by atoms with Crippen LogP contribution in [-0.4, -0.2) is 35.9 Å². The number of rotatable bonds is 7. The Labute approximate surface area is 168 Å². The predicted molar refractivity (Wildman–Crippen MR) is 114 cm³/mol. The van der Waals surface area contributed by atoms with Crippen molar-refractivity contribution >= 4 is 29.9 Å². The van der Waals surface area contributed by atoms with Crippen molar-refractivity contribution in [3.63, 3.8) is 0 Å². The van der Waals surface area contributed by atoms with Gasteiger partial charge >= 0.3 is 0 Å². The summed E-state index contributed by atoms with van der Waals surface area (Å²) in [4.78, 5) is 4.65. The fraction of sp³-hybridized carbons (Fsp3) is 0.632. The predicted octanol–water partition coefficient (Wildman–Crippen LogP) is 3.37. The normalized spacial score (nSPS) is 16.0. The number of benzene rings is 1. The molecule has 0 radical (unpaired) electrons. The first-order valence-electron chi connectivity index (χ1n) is 8.92. The second-order valence-corrected chi connectivity index (χ2v) is 6.90. The Morgan fingerprint density at radius 1 is 1.32 bits per heavy atom. The maximum atomic E-state index is 10.2. The molecule has 0 heterocycles. The first-order valence-corrected chi connectivity index (χ1v) is 8.92. The molecule has 0 amide bonds. The number of halogens is 1. The third-order valence-corrected chi connectivity index (χ3v) is 4.21. The molecule has 1 aromatic carbocycles. The van der Waals surface area contributed by atoms with E-state index < -0.39 is 5.60 Å². The fourth-order valence-corrected chi connectivity index (χ4v) is 2.67. The highest BCUT2D eigenvalue weighted by molar-refractivity contribution is 14.0. The number of guanidine groups is 1. The number of ether oxygens (including phenoxy) is 1. The zero-order valence-electron chi connectivity index (χ0n) is 15.8. The topological polar surface area (TPSA) is 65.9 Å². The van der Waals surface area contributed by atoms with E-state index in [0.717, 1.165) is 43.1 Å². The van der Waals surface area contributed by atoms with E-state index in [0.29, 0.717) is 13.1 Å². The number of nitrogens with one attached hydrogen (secondary N) is 2. The van der Waals surface area contributed by atoms with Crippen LogP contribution in [-0.2, 0) is 6.54 Å². The number of nitrogens with zero attached hydrogens (tertiary/aromatic N) is 1. The molecule has 0 saturated heterocycles. The van der Waals surface area contributed by atoms with Crippen LogP contribution in [0.5, 0.6) is 5.75 Å². The van der Waals surface area contributed by atoms with E-state index in [-0.39, 0.29) is 30.1 Å². The van der Waals surface area contributed by atoms with Gasteiger partial charge in [0.1, 0.15) is 5.75 Å². The molecule has 6 heteroatoms. The van der Waals surface area contributed by atoms with E-state index >= 15 is 0 Å². The third kappa shape index (κ3) is 7.01. The van der Waals surface area contributed by atoms with Gasteiger partial charge in [0.05, 0.1) is 18.2 Å². The summed E-state index contributed by atoms with van der Waals surface area (Å²) in [5.41, 5.74) is 1.68. The van der Waals surface area contributed by atoms with Crippen molar-refractivity contribution in [3.05, 3.63) is 29.3 Å². The van der Waals surface area contributed by atoms with Gasteiger partial charge in [-0.25, -0.2) is 4.99 Å². The summed E-state index contributed by atoms with van der Waals surface area (Å²) in [5.74, 6) is 1.62. The molecular weight excluding hydrogens is 429 g/mol. The van der Waals surface area contributed by atoms with Crippen molar-refractivity contribution in [1.82, 2.24) is 10.6 Å². The van der Waals surface area contributed by atoms with Crippen molar-refractivity contribution in [3.8, 4) is 5.75 Å². The molecule has 25 heavy (non-hydrogen) atoms. The minimum absolute atomic E-state index is 0. The van der Waals surface area contributed by atoms with E-state index in [1.165, 1.54) is 5.56 Å². The molecular formula is C19H32IN3O2. The largest absolute Gasteiger partial charge is 0.491 e. The third-order valence-electron chi connectivity index (χ3n) is 4.21. The van der Waals surface area contributed by atoms with Gasteiger partial charge in [-0.2, -0.15) is 0 Å². The zero-order valence-corrected chi connectivity index (χ0v) is 18.1. The maximum Gasteiger partial charge on any atom is 0.191 e. The van der Waals surface area contributed by atoms with E-state index in [1.54, 1.807) is 0 Å². The molecule has 0 aliphatic heterocycles. The lowest BCUT2D eigenvalue weighted by molar-refractivity contribution is -0.0279. The average Bonchev–Trinajstić information content (AvgIpc) is 2.49. The number of hydrogen-bond acceptors (Lipinski definition) is 3. The molecule has 3 N–H and O–H groups in total. The van der Waals surface area contributed by atoms with Gasteiger partial charge < -0.3 is 20.5 Å². The van der Waals surface area contributed by atoms with Gasteiger partial charge in [-0.1, -0.05) is 12.1 Å². The molecule has 1 aliphatic carbocycles. The van der Waals surface area contributed by atoms with E-state index in [4.69, 9.17) is 4.74 Å². The highest BCUT2D eigenvalue weighted by atomic mass is 127. The number of aliphatic imine (C=N–C) groups is 1. The van der Waals surface area contributed by atoms with Crippen molar-refractivity contribution in [2.45, 2.75) is 65.2 Å². The summed E-state index contributed by atoms with van der Waals surface area (Å²) >= 11 is 0. The monoisotopic (exact) mass is 461 g/mol. The number of aryl methyl sites for hydroxylation is 1. The Morgan fingerprint density at radius 2 is 2.04 bits per heavy atom. The molecule has 142 valence electrons. The van der Waals surface area contributed by atoms with Gasteiger partial charge in [-0.05, 0) is 58.6 Å². The number of aliphatic hydroxyl groups is 1. The maximum absolute atomic E-state index is 10.2. The van der Waals surface area contributed by atoms with Crippen LogP contribution in [0.2, 0.25) is 0 Å². The minimum atomic E-state index is -0.564. The lowest BCUT2D eigenvalue weighted by Gasteiger charge is -2.37. The first-order chi connectivity index (χ1) is 11.4. The Bertz CT molecular complexity index is 572. The van der Waals surface area contributed by atoms with Gasteiger partial charge in [0, 0.05) is 18.7 Å². The van der Waals surface area contributed by atoms with Crippen LogP contribution in [0.4, 0.5) is 0 Å². The van der Waals surface area contributed by atoms with Crippen LogP contribution in [0.25, 0.3) is 0 Å². The SMILES string of the molecule is CCNC(=NCc1ccc(C)cc1OC(C)C)NCC1(O)CCC1.I. The smallest absolute Gasteiger partial charge is 0.191 e. The van der Waals surface area contributed by atoms with Crippen LogP contribution >= 0.6 is 24.0 Å². The van der Waals surface area contributed by atoms with Gasteiger partial charge in [0.15, 0.2) is 5.96 Å². The Morgan fingerprint density at radius 3 is 2.60 bits per heavy atom. The molecule has 0 aromatic heterocycles. The molecule has 1 aromatic rings. The standard InChI is InChI=1S/C19H31N3O2.HI/c1-5-20-18(22-13-19(23)9-6-10-19)21-12-16-8-7-15(4)11-17(16)24-14(2)3;/h7-8,11,14,23H,5-6,9-10,12-13H2,1-4H3,(H2,20,21,22);1H. The lowest BCUT2D eigenvalue weighted by atomic mass is 9.80. The van der Waals surface area contributed by atoms with Crippen LogP contribution in [0.15, 0.2) is 23.2 Å².